The molecule has 0 bridgehead atoms. The number of carbonyl (C=O) groups is 2. The summed E-state index contributed by atoms with van der Waals surface area (Å²) < 4.78 is 0. The first-order valence-corrected chi connectivity index (χ1v) is 11.4. The quantitative estimate of drug-likeness (QED) is 0.678. The first-order valence-electron chi connectivity index (χ1n) is 11.4. The van der Waals surface area contributed by atoms with E-state index in [-0.39, 0.29) is 40.8 Å². The van der Waals surface area contributed by atoms with Crippen molar-refractivity contribution >= 4 is 11.8 Å². The van der Waals surface area contributed by atoms with Gasteiger partial charge in [-0.25, -0.2) is 0 Å². The Bertz CT molecular complexity index is 652. The molecule has 0 aromatic rings. The van der Waals surface area contributed by atoms with Gasteiger partial charge in [0.2, 0.25) is 11.8 Å². The lowest BCUT2D eigenvalue weighted by molar-refractivity contribution is -0.144. The Kier molecular flexibility index (Phi) is 5.05. The molecule has 28 heavy (non-hydrogen) atoms. The second kappa shape index (κ2) is 7.00. The summed E-state index contributed by atoms with van der Waals surface area (Å²) in [6, 6.07) is 0.458. The summed E-state index contributed by atoms with van der Waals surface area (Å²) in [5.74, 6) is 2.26. The van der Waals surface area contributed by atoms with E-state index >= 15 is 0 Å². The molecule has 4 rings (SSSR count). The fourth-order valence-electron chi connectivity index (χ4n) is 8.14. The van der Waals surface area contributed by atoms with Crippen LogP contribution in [0.15, 0.2) is 0 Å². The Hall–Kier alpha value is -1.10. The third-order valence-corrected chi connectivity index (χ3v) is 9.45. The van der Waals surface area contributed by atoms with Gasteiger partial charge in [-0.05, 0) is 85.9 Å². The number of aliphatic hydroxyl groups excluding tert-OH is 1. The monoisotopic (exact) mass is 390 g/mol. The zero-order chi connectivity index (χ0) is 20.3. The lowest BCUT2D eigenvalue weighted by Crippen LogP contribution is -2.63. The molecular formula is C23H38N2O3. The molecule has 4 unspecified atom stereocenters. The van der Waals surface area contributed by atoms with Crippen molar-refractivity contribution in [1.82, 2.24) is 10.6 Å². The second-order valence-electron chi connectivity index (χ2n) is 10.8. The third-order valence-electron chi connectivity index (χ3n) is 9.45. The number of hydrogen-bond donors (Lipinski definition) is 3. The maximum absolute atomic E-state index is 12.1. The highest BCUT2D eigenvalue weighted by Crippen LogP contribution is 2.66. The number of aliphatic hydroxyl groups is 1. The van der Waals surface area contributed by atoms with Crippen LogP contribution >= 0.6 is 0 Å². The molecule has 0 spiro atoms. The molecule has 0 aromatic carbocycles. The second-order valence-corrected chi connectivity index (χ2v) is 10.8. The van der Waals surface area contributed by atoms with Crippen LogP contribution in [0.3, 0.4) is 0 Å². The Balaban J connectivity index is 1.67. The van der Waals surface area contributed by atoms with Crippen LogP contribution < -0.4 is 10.6 Å². The van der Waals surface area contributed by atoms with Crippen molar-refractivity contribution in [2.75, 3.05) is 0 Å². The van der Waals surface area contributed by atoms with Crippen LogP contribution in [0.1, 0.15) is 79.1 Å². The largest absolute Gasteiger partial charge is 0.393 e. The van der Waals surface area contributed by atoms with Crippen LogP contribution in [0, 0.1) is 34.5 Å². The Morgan fingerprint density at radius 2 is 1.50 bits per heavy atom. The molecule has 158 valence electrons. The van der Waals surface area contributed by atoms with Gasteiger partial charge in [0.25, 0.3) is 0 Å². The molecule has 9 atom stereocenters. The van der Waals surface area contributed by atoms with Gasteiger partial charge in [-0.15, -0.1) is 0 Å². The minimum absolute atomic E-state index is 0.0624. The SMILES string of the molecule is CC(=O)NC1CC2CC(O)CC[C@]2(C)[C@@H]2CC[C@]3(C)C(NC(C)=O)CC[C@H]3[C@H]12. The summed E-state index contributed by atoms with van der Waals surface area (Å²) in [5.41, 5.74) is 0.396. The lowest BCUT2D eigenvalue weighted by atomic mass is 9.44. The normalized spacial score (nSPS) is 50.1. The fourth-order valence-corrected chi connectivity index (χ4v) is 8.14. The van der Waals surface area contributed by atoms with E-state index in [1.165, 1.54) is 6.42 Å². The number of fused-ring (bicyclic) bond motifs is 5. The van der Waals surface area contributed by atoms with Crippen LogP contribution in [0.4, 0.5) is 0 Å². The molecule has 0 saturated heterocycles. The fraction of sp³-hybridized carbons (Fsp3) is 0.913. The van der Waals surface area contributed by atoms with E-state index < -0.39 is 0 Å². The van der Waals surface area contributed by atoms with Crippen molar-refractivity contribution in [2.45, 2.75) is 97.2 Å². The van der Waals surface area contributed by atoms with Gasteiger partial charge in [0.15, 0.2) is 0 Å². The molecule has 2 amide bonds. The molecule has 0 aliphatic heterocycles. The number of hydrogen-bond acceptors (Lipinski definition) is 3. The highest BCUT2D eigenvalue weighted by atomic mass is 16.3. The Morgan fingerprint density at radius 3 is 2.18 bits per heavy atom. The summed E-state index contributed by atoms with van der Waals surface area (Å²) in [6.07, 6.45) is 8.23. The van der Waals surface area contributed by atoms with Crippen LogP contribution in [0.5, 0.6) is 0 Å². The highest BCUT2D eigenvalue weighted by molar-refractivity contribution is 5.73. The van der Waals surface area contributed by atoms with Gasteiger partial charge >= 0.3 is 0 Å². The van der Waals surface area contributed by atoms with Gasteiger partial charge in [0.05, 0.1) is 6.10 Å². The summed E-state index contributed by atoms with van der Waals surface area (Å²) in [7, 11) is 0. The molecule has 5 nitrogen and oxygen atoms in total. The van der Waals surface area contributed by atoms with E-state index in [9.17, 15) is 14.7 Å². The maximum atomic E-state index is 12.1. The first-order chi connectivity index (χ1) is 13.1. The number of nitrogens with one attached hydrogen (secondary N) is 2. The summed E-state index contributed by atoms with van der Waals surface area (Å²) in [5, 5.41) is 16.9. The summed E-state index contributed by atoms with van der Waals surface area (Å²) >= 11 is 0. The molecule has 4 aliphatic rings. The average molecular weight is 391 g/mol. The number of carbonyl (C=O) groups excluding carboxylic acids is 2. The number of amides is 2. The van der Waals surface area contributed by atoms with Crippen molar-refractivity contribution < 1.29 is 14.7 Å². The van der Waals surface area contributed by atoms with Gasteiger partial charge in [-0.3, -0.25) is 9.59 Å². The molecule has 4 saturated carbocycles. The van der Waals surface area contributed by atoms with E-state index in [4.69, 9.17) is 0 Å². The van der Waals surface area contributed by atoms with Crippen LogP contribution in [-0.4, -0.2) is 35.1 Å². The molecule has 0 heterocycles. The predicted molar refractivity (Wildman–Crippen MR) is 108 cm³/mol. The van der Waals surface area contributed by atoms with Crippen molar-refractivity contribution in [3.05, 3.63) is 0 Å². The van der Waals surface area contributed by atoms with Gasteiger partial charge in [0, 0.05) is 25.9 Å². The van der Waals surface area contributed by atoms with Crippen molar-refractivity contribution in [1.29, 1.82) is 0 Å². The smallest absolute Gasteiger partial charge is 0.217 e. The van der Waals surface area contributed by atoms with E-state index in [0.717, 1.165) is 44.9 Å². The number of rotatable bonds is 2. The van der Waals surface area contributed by atoms with Crippen LogP contribution in [0.2, 0.25) is 0 Å². The van der Waals surface area contributed by atoms with E-state index in [0.29, 0.717) is 23.7 Å². The highest BCUT2D eigenvalue weighted by Gasteiger charge is 2.62. The molecule has 4 fully saturated rings. The summed E-state index contributed by atoms with van der Waals surface area (Å²) in [4.78, 5) is 23.8. The van der Waals surface area contributed by atoms with E-state index in [1.54, 1.807) is 13.8 Å². The minimum atomic E-state index is -0.183. The maximum Gasteiger partial charge on any atom is 0.217 e. The molecular weight excluding hydrogens is 352 g/mol. The first kappa shape index (κ1) is 20.2. The average Bonchev–Trinajstić information content (AvgIpc) is 2.92. The molecule has 4 aliphatic carbocycles. The minimum Gasteiger partial charge on any atom is -0.393 e. The molecule has 0 radical (unpaired) electrons. The van der Waals surface area contributed by atoms with Crippen molar-refractivity contribution in [2.24, 2.45) is 34.5 Å². The van der Waals surface area contributed by atoms with Gasteiger partial charge < -0.3 is 15.7 Å². The van der Waals surface area contributed by atoms with Gasteiger partial charge in [-0.2, -0.15) is 0 Å². The topological polar surface area (TPSA) is 78.4 Å². The Labute approximate surface area is 169 Å². The zero-order valence-corrected chi connectivity index (χ0v) is 18.0. The molecule has 0 aromatic heterocycles. The van der Waals surface area contributed by atoms with Crippen molar-refractivity contribution in [3.63, 3.8) is 0 Å². The van der Waals surface area contributed by atoms with E-state index in [2.05, 4.69) is 24.5 Å². The predicted octanol–water partition coefficient (Wildman–Crippen LogP) is 3.01. The van der Waals surface area contributed by atoms with E-state index in [1.807, 2.05) is 0 Å². The summed E-state index contributed by atoms with van der Waals surface area (Å²) in [6.45, 7) is 8.11. The van der Waals surface area contributed by atoms with Crippen LogP contribution in [-0.2, 0) is 9.59 Å². The Morgan fingerprint density at radius 1 is 0.857 bits per heavy atom. The van der Waals surface area contributed by atoms with Crippen molar-refractivity contribution in [3.8, 4) is 0 Å². The molecule has 3 N–H and O–H groups in total. The van der Waals surface area contributed by atoms with Gasteiger partial charge in [-0.1, -0.05) is 13.8 Å². The van der Waals surface area contributed by atoms with Gasteiger partial charge in [0.1, 0.15) is 0 Å². The zero-order valence-electron chi connectivity index (χ0n) is 18.0. The van der Waals surface area contributed by atoms with Crippen LogP contribution in [0.25, 0.3) is 0 Å². The standard InChI is InChI=1S/C23H38N2O3/c1-13(26)24-19-12-15-11-16(28)7-9-22(15,3)18-8-10-23(4)17(21(18)19)5-6-20(23)25-14(2)27/h15-21,28H,5-12H2,1-4H3,(H,24,26)(H,25,27)/t15?,16?,17-,18+,19?,20?,21-,22-,23-/m0/s1. The third kappa shape index (κ3) is 3.09. The lowest BCUT2D eigenvalue weighted by Gasteiger charge is -2.63. The molecule has 5 heteroatoms.